The molecule has 5 aromatic rings. The number of carbonyl (C=O) groups is 3. The number of aryl methyl sites for hydroxylation is 1. The number of nitrogens with zero attached hydrogens (tertiary/aromatic N) is 6. The molecule has 0 radical (unpaired) electrons. The highest BCUT2D eigenvalue weighted by Crippen LogP contribution is 2.43. The number of rotatable bonds is 10. The first-order valence-electron chi connectivity index (χ1n) is 21.2. The van der Waals surface area contributed by atoms with Gasteiger partial charge in [0.2, 0.25) is 11.8 Å². The van der Waals surface area contributed by atoms with Gasteiger partial charge in [-0.1, -0.05) is 18.2 Å². The maximum Gasteiger partial charge on any atom is 0.433 e. The lowest BCUT2D eigenvalue weighted by Gasteiger charge is -2.41. The molecule has 5 heterocycles. The summed E-state index contributed by atoms with van der Waals surface area (Å²) in [5.74, 6) is -0.308. The number of halogens is 3. The number of fused-ring (bicyclic) bond motifs is 2. The van der Waals surface area contributed by atoms with Gasteiger partial charge in [-0.3, -0.25) is 33.5 Å². The summed E-state index contributed by atoms with van der Waals surface area (Å²) in [6, 6.07) is 12.1. The Bertz CT molecular complexity index is 2540. The molecule has 2 saturated carbocycles. The maximum atomic E-state index is 13.4. The van der Waals surface area contributed by atoms with E-state index in [9.17, 15) is 32.3 Å². The third-order valence-corrected chi connectivity index (χ3v) is 13.2. The number of piperidine rings is 2. The number of imide groups is 1. The molecule has 2 N–H and O–H groups in total. The summed E-state index contributed by atoms with van der Waals surface area (Å²) in [4.78, 5) is 56.8. The highest BCUT2D eigenvalue weighted by molar-refractivity contribution is 6.05. The van der Waals surface area contributed by atoms with Gasteiger partial charge in [-0.2, -0.15) is 18.3 Å². The van der Waals surface area contributed by atoms with Crippen molar-refractivity contribution in [2.75, 3.05) is 32.1 Å². The lowest BCUT2D eigenvalue weighted by Crippen LogP contribution is -2.44. The molecule has 4 fully saturated rings. The number of aromatic nitrogens is 5. The van der Waals surface area contributed by atoms with Crippen LogP contribution in [0.2, 0.25) is 0 Å². The number of anilines is 1. The first-order chi connectivity index (χ1) is 29.3. The van der Waals surface area contributed by atoms with E-state index in [1.165, 1.54) is 13.2 Å². The van der Waals surface area contributed by atoms with Crippen LogP contribution in [-0.4, -0.2) is 85.5 Å². The zero-order chi connectivity index (χ0) is 42.6. The number of nitrogens with one attached hydrogen (secondary N) is 2. The van der Waals surface area contributed by atoms with E-state index >= 15 is 0 Å². The van der Waals surface area contributed by atoms with Crippen LogP contribution in [0.25, 0.3) is 21.9 Å². The number of para-hydroxylation sites is 1. The summed E-state index contributed by atoms with van der Waals surface area (Å²) < 4.78 is 56.8. The van der Waals surface area contributed by atoms with E-state index in [0.29, 0.717) is 29.3 Å². The Morgan fingerprint density at radius 3 is 2.43 bits per heavy atom. The van der Waals surface area contributed by atoms with E-state index in [0.717, 1.165) is 105 Å². The molecular formula is C44H49F3N8O6. The lowest BCUT2D eigenvalue weighted by molar-refractivity contribution is -0.141. The number of hydrogen-bond donors (Lipinski definition) is 2. The molecule has 61 heavy (non-hydrogen) atoms. The number of benzene rings is 2. The van der Waals surface area contributed by atoms with Crippen molar-refractivity contribution in [2.45, 2.75) is 101 Å². The number of methoxy groups -OCH3 is 1. The molecule has 1 atom stereocenters. The van der Waals surface area contributed by atoms with Gasteiger partial charge in [0.25, 0.3) is 5.91 Å². The Morgan fingerprint density at radius 1 is 0.951 bits per heavy atom. The summed E-state index contributed by atoms with van der Waals surface area (Å²) in [5.41, 5.74) is 1.94. The van der Waals surface area contributed by atoms with Crippen molar-refractivity contribution in [1.82, 2.24) is 34.1 Å². The van der Waals surface area contributed by atoms with Gasteiger partial charge in [0.05, 0.1) is 47.6 Å². The van der Waals surface area contributed by atoms with Gasteiger partial charge in [-0.15, -0.1) is 0 Å². The molecule has 322 valence electrons. The summed E-state index contributed by atoms with van der Waals surface area (Å²) >= 11 is 0. The normalized spacial score (nSPS) is 24.2. The summed E-state index contributed by atoms with van der Waals surface area (Å²) in [7, 11) is 3.21. The predicted molar refractivity (Wildman–Crippen MR) is 219 cm³/mol. The molecule has 2 saturated heterocycles. The minimum absolute atomic E-state index is 0.175. The fourth-order valence-corrected chi connectivity index (χ4v) is 9.85. The number of carbonyl (C=O) groups excluding carboxylic acids is 3. The van der Waals surface area contributed by atoms with Crippen LogP contribution in [0.3, 0.4) is 0 Å². The zero-order valence-electron chi connectivity index (χ0n) is 34.1. The van der Waals surface area contributed by atoms with Crippen LogP contribution in [0.5, 0.6) is 5.75 Å². The second-order valence-electron chi connectivity index (χ2n) is 17.1. The van der Waals surface area contributed by atoms with Crippen molar-refractivity contribution in [3.63, 3.8) is 0 Å². The van der Waals surface area contributed by atoms with Gasteiger partial charge in [-0.05, 0) is 99.5 Å². The molecule has 14 nitrogen and oxygen atoms in total. The molecule has 1 unspecified atom stereocenters. The monoisotopic (exact) mass is 842 g/mol. The van der Waals surface area contributed by atoms with Gasteiger partial charge < -0.3 is 19.7 Å². The fraction of sp³-hybridized carbons (Fsp3) is 0.500. The van der Waals surface area contributed by atoms with Crippen molar-refractivity contribution in [3.05, 3.63) is 82.2 Å². The van der Waals surface area contributed by atoms with Crippen LogP contribution in [0.1, 0.15) is 104 Å². The smallest absolute Gasteiger partial charge is 0.433 e. The molecule has 0 bridgehead atoms. The third-order valence-electron chi connectivity index (χ3n) is 13.2. The van der Waals surface area contributed by atoms with Crippen molar-refractivity contribution >= 4 is 45.3 Å². The number of ether oxygens (including phenoxy) is 2. The van der Waals surface area contributed by atoms with Gasteiger partial charge in [0.15, 0.2) is 0 Å². The molecule has 9 rings (SSSR count). The van der Waals surface area contributed by atoms with Crippen LogP contribution in [0, 0.1) is 5.92 Å². The fourth-order valence-electron chi connectivity index (χ4n) is 9.85. The Hall–Kier alpha value is -5.55. The van der Waals surface area contributed by atoms with E-state index in [4.69, 9.17) is 14.6 Å². The van der Waals surface area contributed by atoms with Gasteiger partial charge >= 0.3 is 11.9 Å². The second kappa shape index (κ2) is 16.4. The number of alkyl halides is 3. The molecule has 2 aromatic carbocycles. The van der Waals surface area contributed by atoms with E-state index in [1.54, 1.807) is 28.3 Å². The predicted octanol–water partition coefficient (Wildman–Crippen LogP) is 6.50. The average molecular weight is 843 g/mol. The molecule has 3 aromatic heterocycles. The third kappa shape index (κ3) is 8.16. The molecule has 17 heteroatoms. The van der Waals surface area contributed by atoms with E-state index in [-0.39, 0.29) is 47.9 Å². The Labute approximate surface area is 349 Å². The summed E-state index contributed by atoms with van der Waals surface area (Å²) in [5, 5.41) is 10.7. The standard InChI is InChI=1S/C44H49F3N8O6/c1-52-40-31(5-3-7-35(40)55(43(52)59)36-13-14-39(56)50-42(36)58)26-19-30(20-26)61-29-15-17-53(18-16-29)23-25-9-11-28(12-10-25)54-24-27-21-34(37(60-2)22-33(27)51-54)49-41(57)32-6-4-8-38(48-32)44(45,46)47/h3-8,21-22,24-26,28-30,36H,9-20,23H2,1-2H3,(H,49,57)(H,50,56,58). The van der Waals surface area contributed by atoms with Crippen LogP contribution in [-0.2, 0) is 27.5 Å². The Balaban J connectivity index is 0.741. The minimum atomic E-state index is -4.67. The molecule has 0 spiro atoms. The van der Waals surface area contributed by atoms with Gasteiger partial charge in [0.1, 0.15) is 23.2 Å². The van der Waals surface area contributed by atoms with Gasteiger partial charge in [0, 0.05) is 50.8 Å². The second-order valence-corrected chi connectivity index (χ2v) is 17.1. The van der Waals surface area contributed by atoms with Crippen LogP contribution in [0.15, 0.2) is 59.5 Å². The van der Waals surface area contributed by atoms with E-state index in [1.807, 2.05) is 23.0 Å². The minimum Gasteiger partial charge on any atom is -0.494 e. The average Bonchev–Trinajstić information content (AvgIpc) is 3.76. The number of hydrogen-bond acceptors (Lipinski definition) is 9. The first kappa shape index (κ1) is 40.8. The highest BCUT2D eigenvalue weighted by atomic mass is 19.4. The lowest BCUT2D eigenvalue weighted by atomic mass is 9.76. The maximum absolute atomic E-state index is 13.4. The summed E-state index contributed by atoms with van der Waals surface area (Å²) in [6.45, 7) is 3.07. The van der Waals surface area contributed by atoms with Gasteiger partial charge in [-0.25, -0.2) is 9.78 Å². The Morgan fingerprint density at radius 2 is 1.70 bits per heavy atom. The summed E-state index contributed by atoms with van der Waals surface area (Å²) in [6.07, 6.45) is 6.14. The number of pyridine rings is 1. The molecule has 2 aliphatic carbocycles. The van der Waals surface area contributed by atoms with Crippen LogP contribution >= 0.6 is 0 Å². The largest absolute Gasteiger partial charge is 0.494 e. The quantitative estimate of drug-likeness (QED) is 0.150. The van der Waals surface area contributed by atoms with Crippen LogP contribution < -0.4 is 21.1 Å². The van der Waals surface area contributed by atoms with E-state index < -0.39 is 29.7 Å². The number of amides is 3. The number of likely N-dealkylation sites (tertiary alicyclic amines) is 1. The van der Waals surface area contributed by atoms with Crippen LogP contribution in [0.4, 0.5) is 18.9 Å². The van der Waals surface area contributed by atoms with Crippen molar-refractivity contribution in [2.24, 2.45) is 13.0 Å². The highest BCUT2D eigenvalue weighted by Gasteiger charge is 2.38. The Kier molecular flexibility index (Phi) is 11.0. The van der Waals surface area contributed by atoms with Crippen molar-refractivity contribution in [1.29, 1.82) is 0 Å². The molecule has 3 amide bonds. The van der Waals surface area contributed by atoms with E-state index in [2.05, 4.69) is 26.6 Å². The first-order valence-corrected chi connectivity index (χ1v) is 21.2. The molecular weight excluding hydrogens is 794 g/mol. The van der Waals surface area contributed by atoms with Crippen molar-refractivity contribution in [3.8, 4) is 5.75 Å². The van der Waals surface area contributed by atoms with Crippen molar-refractivity contribution < 1.29 is 37.0 Å². The SMILES string of the molecule is COc1cc2nn(C3CCC(CN4CCC(OC5CC(c6cccc7c6n(C)c(=O)n7C6CCC(=O)NC6=O)C5)CC4)CC3)cc2cc1NC(=O)c1cccc(C(F)(F)F)n1. The molecule has 2 aliphatic heterocycles. The number of imidazole rings is 1. The topological polar surface area (TPSA) is 155 Å². The zero-order valence-corrected chi connectivity index (χ0v) is 34.1. The molecule has 4 aliphatic rings.